The summed E-state index contributed by atoms with van der Waals surface area (Å²) in [6, 6.07) is 0. The lowest BCUT2D eigenvalue weighted by Gasteiger charge is -2.34. The number of ether oxygens (including phenoxy) is 2. The molecule has 1 atom stereocenters. The van der Waals surface area contributed by atoms with Crippen molar-refractivity contribution in [2.75, 3.05) is 27.4 Å². The van der Waals surface area contributed by atoms with Crippen LogP contribution in [0.15, 0.2) is 11.5 Å². The van der Waals surface area contributed by atoms with Crippen LogP contribution in [0.2, 0.25) is 0 Å². The number of hydrogen-bond donors (Lipinski definition) is 2. The molecule has 1 aliphatic heterocycles. The molecule has 0 radical (unpaired) electrons. The summed E-state index contributed by atoms with van der Waals surface area (Å²) in [6.45, 7) is 2.13. The van der Waals surface area contributed by atoms with Crippen molar-refractivity contribution in [3.63, 3.8) is 0 Å². The average Bonchev–Trinajstić information content (AvgIpc) is 2.55. The first-order valence-electron chi connectivity index (χ1n) is 6.04. The molecule has 1 unspecified atom stereocenters. The summed E-state index contributed by atoms with van der Waals surface area (Å²) in [5, 5.41) is 19.7. The van der Waals surface area contributed by atoms with E-state index in [2.05, 4.69) is 0 Å². The van der Waals surface area contributed by atoms with Crippen molar-refractivity contribution in [2.45, 2.75) is 31.9 Å². The predicted octanol–water partition coefficient (Wildman–Crippen LogP) is 0.204. The Morgan fingerprint density at radius 3 is 2.44 bits per heavy atom. The van der Waals surface area contributed by atoms with Crippen LogP contribution in [0.1, 0.15) is 26.2 Å². The zero-order valence-corrected chi connectivity index (χ0v) is 11.1. The van der Waals surface area contributed by atoms with E-state index in [0.29, 0.717) is 6.54 Å². The molecule has 1 rings (SSSR count). The summed E-state index contributed by atoms with van der Waals surface area (Å²) < 4.78 is 10.1. The van der Waals surface area contributed by atoms with Crippen molar-refractivity contribution in [1.82, 2.24) is 4.90 Å². The molecule has 1 heterocycles. The van der Waals surface area contributed by atoms with Gasteiger partial charge in [-0.05, 0) is 6.42 Å². The Hall–Kier alpha value is -1.27. The SMILES string of the molecule is CCCCN1C(=O)C(OC)=C(OC)C1(O)CCO. The second-order valence-electron chi connectivity index (χ2n) is 4.17. The lowest BCUT2D eigenvalue weighted by atomic mass is 10.1. The Kier molecular flexibility index (Phi) is 4.98. The van der Waals surface area contributed by atoms with Gasteiger partial charge in [-0.3, -0.25) is 4.79 Å². The van der Waals surface area contributed by atoms with Gasteiger partial charge in [0, 0.05) is 19.6 Å². The number of nitrogens with zero attached hydrogens (tertiary/aromatic N) is 1. The van der Waals surface area contributed by atoms with E-state index in [-0.39, 0.29) is 24.5 Å². The van der Waals surface area contributed by atoms with Crippen LogP contribution in [0.4, 0.5) is 0 Å². The summed E-state index contributed by atoms with van der Waals surface area (Å²) in [7, 11) is 2.72. The van der Waals surface area contributed by atoms with Crippen LogP contribution in [-0.4, -0.2) is 54.1 Å². The minimum atomic E-state index is -1.61. The molecule has 2 N–H and O–H groups in total. The number of rotatable bonds is 7. The fourth-order valence-corrected chi connectivity index (χ4v) is 2.14. The summed E-state index contributed by atoms with van der Waals surface area (Å²) in [5.74, 6) is -0.330. The van der Waals surface area contributed by atoms with E-state index in [9.17, 15) is 9.90 Å². The van der Waals surface area contributed by atoms with Gasteiger partial charge in [-0.2, -0.15) is 0 Å². The van der Waals surface area contributed by atoms with Crippen molar-refractivity contribution in [3.8, 4) is 0 Å². The van der Waals surface area contributed by atoms with E-state index >= 15 is 0 Å². The first kappa shape index (κ1) is 14.8. The second kappa shape index (κ2) is 6.06. The Morgan fingerprint density at radius 1 is 1.33 bits per heavy atom. The molecular formula is C12H21NO5. The first-order valence-corrected chi connectivity index (χ1v) is 6.04. The molecule has 104 valence electrons. The molecule has 18 heavy (non-hydrogen) atoms. The molecule has 0 aromatic rings. The monoisotopic (exact) mass is 259 g/mol. The van der Waals surface area contributed by atoms with Gasteiger partial charge in [-0.25, -0.2) is 0 Å². The van der Waals surface area contributed by atoms with Gasteiger partial charge in [-0.1, -0.05) is 13.3 Å². The topological polar surface area (TPSA) is 79.2 Å². The highest BCUT2D eigenvalue weighted by Gasteiger charge is 2.52. The van der Waals surface area contributed by atoms with E-state index in [4.69, 9.17) is 14.6 Å². The Balaban J connectivity index is 3.10. The molecule has 0 aromatic heterocycles. The van der Waals surface area contributed by atoms with E-state index in [0.717, 1.165) is 12.8 Å². The van der Waals surface area contributed by atoms with Crippen molar-refractivity contribution < 1.29 is 24.5 Å². The quantitative estimate of drug-likeness (QED) is 0.683. The molecule has 0 fully saturated rings. The maximum atomic E-state index is 12.1. The Labute approximate surface area is 107 Å². The van der Waals surface area contributed by atoms with E-state index in [1.807, 2.05) is 6.92 Å². The molecule has 0 spiro atoms. The van der Waals surface area contributed by atoms with Gasteiger partial charge in [0.1, 0.15) is 0 Å². The molecule has 0 aromatic carbocycles. The zero-order chi connectivity index (χ0) is 13.8. The summed E-state index contributed by atoms with van der Waals surface area (Å²) >= 11 is 0. The molecule has 1 aliphatic rings. The number of amides is 1. The van der Waals surface area contributed by atoms with E-state index < -0.39 is 11.6 Å². The fraction of sp³-hybridized carbons (Fsp3) is 0.750. The molecule has 1 amide bonds. The lowest BCUT2D eigenvalue weighted by molar-refractivity contribution is -0.151. The lowest BCUT2D eigenvalue weighted by Crippen LogP contribution is -2.49. The van der Waals surface area contributed by atoms with Crippen LogP contribution < -0.4 is 0 Å². The van der Waals surface area contributed by atoms with Gasteiger partial charge in [0.15, 0.2) is 5.76 Å². The van der Waals surface area contributed by atoms with E-state index in [1.165, 1.54) is 19.1 Å². The largest absolute Gasteiger partial charge is 0.492 e. The highest BCUT2D eigenvalue weighted by molar-refractivity contribution is 5.95. The molecule has 0 saturated carbocycles. The smallest absolute Gasteiger partial charge is 0.295 e. The highest BCUT2D eigenvalue weighted by Crippen LogP contribution is 2.37. The van der Waals surface area contributed by atoms with Crippen LogP contribution in [0.5, 0.6) is 0 Å². The van der Waals surface area contributed by atoms with Crippen LogP contribution in [0, 0.1) is 0 Å². The van der Waals surface area contributed by atoms with Gasteiger partial charge < -0.3 is 24.6 Å². The van der Waals surface area contributed by atoms with Gasteiger partial charge in [-0.15, -0.1) is 0 Å². The normalized spacial score (nSPS) is 23.8. The number of unbranched alkanes of at least 4 members (excludes halogenated alkanes) is 1. The second-order valence-corrected chi connectivity index (χ2v) is 4.17. The standard InChI is InChI=1S/C12H21NO5/c1-4-5-7-13-11(15)9(17-2)10(18-3)12(13,16)6-8-14/h14,16H,4-8H2,1-3H3. The van der Waals surface area contributed by atoms with Crippen molar-refractivity contribution >= 4 is 5.91 Å². The number of carbonyl (C=O) groups is 1. The maximum Gasteiger partial charge on any atom is 0.295 e. The number of hydrogen-bond acceptors (Lipinski definition) is 5. The molecule has 0 bridgehead atoms. The van der Waals surface area contributed by atoms with Gasteiger partial charge >= 0.3 is 0 Å². The maximum absolute atomic E-state index is 12.1. The van der Waals surface area contributed by atoms with Crippen LogP contribution in [0.3, 0.4) is 0 Å². The highest BCUT2D eigenvalue weighted by atomic mass is 16.5. The molecule has 6 heteroatoms. The number of methoxy groups -OCH3 is 2. The number of carbonyl (C=O) groups excluding carboxylic acids is 1. The van der Waals surface area contributed by atoms with Crippen LogP contribution in [0.25, 0.3) is 0 Å². The third kappa shape index (κ3) is 2.30. The van der Waals surface area contributed by atoms with Crippen LogP contribution >= 0.6 is 0 Å². The minimum absolute atomic E-state index is 0.00150. The summed E-state index contributed by atoms with van der Waals surface area (Å²) in [5.41, 5.74) is -1.61. The first-order chi connectivity index (χ1) is 8.56. The van der Waals surface area contributed by atoms with Gasteiger partial charge in [0.05, 0.1) is 14.2 Å². The third-order valence-electron chi connectivity index (χ3n) is 3.06. The molecule has 0 aliphatic carbocycles. The Morgan fingerprint density at radius 2 is 2.00 bits per heavy atom. The summed E-state index contributed by atoms with van der Waals surface area (Å²) in [6.07, 6.45) is 1.65. The van der Waals surface area contributed by atoms with Crippen LogP contribution in [-0.2, 0) is 14.3 Å². The number of aliphatic hydroxyl groups is 2. The predicted molar refractivity (Wildman–Crippen MR) is 64.3 cm³/mol. The molecular weight excluding hydrogens is 238 g/mol. The molecule has 0 saturated heterocycles. The van der Waals surface area contributed by atoms with Gasteiger partial charge in [0.2, 0.25) is 11.5 Å². The Bertz CT molecular complexity index is 341. The van der Waals surface area contributed by atoms with Crippen molar-refractivity contribution in [3.05, 3.63) is 11.5 Å². The minimum Gasteiger partial charge on any atom is -0.492 e. The van der Waals surface area contributed by atoms with Crippen molar-refractivity contribution in [2.24, 2.45) is 0 Å². The molecule has 6 nitrogen and oxygen atoms in total. The zero-order valence-electron chi connectivity index (χ0n) is 11.1. The summed E-state index contributed by atoms with van der Waals surface area (Å²) in [4.78, 5) is 13.4. The van der Waals surface area contributed by atoms with Gasteiger partial charge in [0.25, 0.3) is 5.91 Å². The third-order valence-corrected chi connectivity index (χ3v) is 3.06. The van der Waals surface area contributed by atoms with E-state index in [1.54, 1.807) is 0 Å². The fourth-order valence-electron chi connectivity index (χ4n) is 2.14. The van der Waals surface area contributed by atoms with Crippen molar-refractivity contribution in [1.29, 1.82) is 0 Å². The number of aliphatic hydroxyl groups excluding tert-OH is 1. The average molecular weight is 259 g/mol.